The standard InChI is InChI=1S/C20H29NO4/c1-9-7-19-10(2)5-13-14(18(13,3)4)12(17(19)24)6-11(8-21)16(23)20(19,25)15(9)22/h6-7,10,12-16,22-23,25H,5,8,21H2,1-4H3/t10-,12+,13-,14+,15+,16-,19+,20-/m1/s1. The number of carbonyl (C=O) groups is 1. The lowest BCUT2D eigenvalue weighted by Crippen LogP contribution is -2.65. The van der Waals surface area contributed by atoms with Gasteiger partial charge in [-0.1, -0.05) is 32.9 Å². The first kappa shape index (κ1) is 17.4. The fourth-order valence-electron chi connectivity index (χ4n) is 6.47. The average Bonchev–Trinajstić information content (AvgIpc) is 3.05. The zero-order valence-electron chi connectivity index (χ0n) is 15.4. The predicted molar refractivity (Wildman–Crippen MR) is 93.3 cm³/mol. The quantitative estimate of drug-likeness (QED) is 0.525. The van der Waals surface area contributed by atoms with E-state index in [2.05, 4.69) is 13.8 Å². The third-order valence-electron chi connectivity index (χ3n) is 7.98. The lowest BCUT2D eigenvalue weighted by atomic mass is 9.59. The van der Waals surface area contributed by atoms with Crippen molar-refractivity contribution in [1.82, 2.24) is 0 Å². The van der Waals surface area contributed by atoms with Crippen LogP contribution < -0.4 is 5.73 Å². The van der Waals surface area contributed by atoms with E-state index in [9.17, 15) is 20.1 Å². The molecule has 5 nitrogen and oxygen atoms in total. The van der Waals surface area contributed by atoms with E-state index in [1.807, 2.05) is 6.92 Å². The minimum atomic E-state index is -1.95. The molecule has 0 radical (unpaired) electrons. The fraction of sp³-hybridized carbons (Fsp3) is 0.750. The van der Waals surface area contributed by atoms with Crippen molar-refractivity contribution in [3.63, 3.8) is 0 Å². The maximum Gasteiger partial charge on any atom is 0.153 e. The van der Waals surface area contributed by atoms with E-state index in [0.717, 1.165) is 6.42 Å². The van der Waals surface area contributed by atoms with Crippen LogP contribution in [0.4, 0.5) is 0 Å². The summed E-state index contributed by atoms with van der Waals surface area (Å²) in [5, 5.41) is 33.4. The third-order valence-corrected chi connectivity index (χ3v) is 7.98. The van der Waals surface area contributed by atoms with Crippen LogP contribution in [0.3, 0.4) is 0 Å². The molecule has 4 aliphatic rings. The van der Waals surface area contributed by atoms with Crippen molar-refractivity contribution in [3.8, 4) is 0 Å². The van der Waals surface area contributed by atoms with Gasteiger partial charge in [-0.3, -0.25) is 4.79 Å². The van der Waals surface area contributed by atoms with Crippen LogP contribution >= 0.6 is 0 Å². The zero-order valence-corrected chi connectivity index (χ0v) is 15.4. The van der Waals surface area contributed by atoms with Crippen LogP contribution in [0.1, 0.15) is 34.1 Å². The summed E-state index contributed by atoms with van der Waals surface area (Å²) in [6.07, 6.45) is 1.72. The fourth-order valence-corrected chi connectivity index (χ4v) is 6.47. The highest BCUT2D eigenvalue weighted by Gasteiger charge is 2.75. The second-order valence-corrected chi connectivity index (χ2v) is 9.31. The van der Waals surface area contributed by atoms with Gasteiger partial charge in [-0.05, 0) is 47.7 Å². The van der Waals surface area contributed by atoms with Crippen LogP contribution in [0.5, 0.6) is 0 Å². The number of hydrogen-bond donors (Lipinski definition) is 4. The van der Waals surface area contributed by atoms with Crippen molar-refractivity contribution in [2.45, 2.75) is 51.9 Å². The Morgan fingerprint density at radius 2 is 1.92 bits per heavy atom. The van der Waals surface area contributed by atoms with Crippen molar-refractivity contribution < 1.29 is 20.1 Å². The third kappa shape index (κ3) is 1.71. The van der Waals surface area contributed by atoms with Gasteiger partial charge in [0.1, 0.15) is 17.8 Å². The lowest BCUT2D eigenvalue weighted by Gasteiger charge is -2.48. The van der Waals surface area contributed by atoms with E-state index in [0.29, 0.717) is 17.1 Å². The summed E-state index contributed by atoms with van der Waals surface area (Å²) in [6.45, 7) is 8.12. The molecule has 0 heterocycles. The van der Waals surface area contributed by atoms with Gasteiger partial charge in [0.05, 0.1) is 5.41 Å². The predicted octanol–water partition coefficient (Wildman–Crippen LogP) is 0.782. The highest BCUT2D eigenvalue weighted by Crippen LogP contribution is 2.71. The monoisotopic (exact) mass is 347 g/mol. The van der Waals surface area contributed by atoms with Crippen molar-refractivity contribution in [3.05, 3.63) is 23.3 Å². The minimum Gasteiger partial charge on any atom is -0.386 e. The van der Waals surface area contributed by atoms with Crippen molar-refractivity contribution in [2.75, 3.05) is 6.54 Å². The molecule has 2 saturated carbocycles. The number of hydrogen-bond acceptors (Lipinski definition) is 5. The van der Waals surface area contributed by atoms with Crippen molar-refractivity contribution in [1.29, 1.82) is 0 Å². The summed E-state index contributed by atoms with van der Waals surface area (Å²) in [4.78, 5) is 13.8. The molecule has 8 atom stereocenters. The number of aliphatic hydroxyl groups is 3. The van der Waals surface area contributed by atoms with Crippen LogP contribution in [0.2, 0.25) is 0 Å². The molecule has 5 heteroatoms. The molecule has 4 rings (SSSR count). The Morgan fingerprint density at radius 3 is 2.52 bits per heavy atom. The Hall–Kier alpha value is -1.01. The van der Waals surface area contributed by atoms with Crippen molar-refractivity contribution >= 4 is 5.78 Å². The zero-order chi connectivity index (χ0) is 18.5. The summed E-state index contributed by atoms with van der Waals surface area (Å²) in [5.74, 6) is -0.0153. The van der Waals surface area contributed by atoms with Crippen LogP contribution in [0.15, 0.2) is 23.3 Å². The number of fused-ring (bicyclic) bond motifs is 3. The molecule has 0 aromatic carbocycles. The maximum absolute atomic E-state index is 13.8. The normalized spacial score (nSPS) is 53.2. The molecule has 4 aliphatic carbocycles. The van der Waals surface area contributed by atoms with E-state index in [4.69, 9.17) is 5.73 Å². The molecule has 25 heavy (non-hydrogen) atoms. The first-order valence-electron chi connectivity index (χ1n) is 9.28. The second kappa shape index (κ2) is 4.83. The number of allylic oxidation sites excluding steroid dienone is 1. The Morgan fingerprint density at radius 1 is 1.28 bits per heavy atom. The first-order chi connectivity index (χ1) is 11.5. The summed E-state index contributed by atoms with van der Waals surface area (Å²) >= 11 is 0. The lowest BCUT2D eigenvalue weighted by molar-refractivity contribution is -0.189. The van der Waals surface area contributed by atoms with Crippen LogP contribution in [0, 0.1) is 34.5 Å². The van der Waals surface area contributed by atoms with Crippen LogP contribution in [-0.2, 0) is 4.79 Å². The first-order valence-corrected chi connectivity index (χ1v) is 9.28. The Balaban J connectivity index is 1.99. The van der Waals surface area contributed by atoms with Gasteiger partial charge in [0.25, 0.3) is 0 Å². The maximum atomic E-state index is 13.8. The SMILES string of the molecule is CC1=C[C@]23C(=O)[C@@H](C=C(CN)[C@@H](O)[C@]2(O)[C@H]1O)[C@H]1[C@@H](C[C@H]3C)C1(C)C. The summed E-state index contributed by atoms with van der Waals surface area (Å²) in [7, 11) is 0. The molecule has 2 bridgehead atoms. The topological polar surface area (TPSA) is 104 Å². The van der Waals surface area contributed by atoms with Gasteiger partial charge in [0.15, 0.2) is 5.78 Å². The van der Waals surface area contributed by atoms with Gasteiger partial charge < -0.3 is 21.1 Å². The van der Waals surface area contributed by atoms with Crippen LogP contribution in [-0.4, -0.2) is 45.5 Å². The second-order valence-electron chi connectivity index (χ2n) is 9.31. The van der Waals surface area contributed by atoms with Gasteiger partial charge in [0.2, 0.25) is 0 Å². The van der Waals surface area contributed by atoms with E-state index < -0.39 is 23.2 Å². The Bertz CT molecular complexity index is 710. The van der Waals surface area contributed by atoms with Gasteiger partial charge in [-0.25, -0.2) is 0 Å². The molecular weight excluding hydrogens is 318 g/mol. The molecule has 0 unspecified atom stereocenters. The molecule has 5 N–H and O–H groups in total. The van der Waals surface area contributed by atoms with Gasteiger partial charge in [-0.15, -0.1) is 0 Å². The van der Waals surface area contributed by atoms with E-state index >= 15 is 0 Å². The molecule has 0 aliphatic heterocycles. The highest BCUT2D eigenvalue weighted by atomic mass is 16.4. The molecule has 138 valence electrons. The highest BCUT2D eigenvalue weighted by molar-refractivity contribution is 5.95. The summed E-state index contributed by atoms with van der Waals surface area (Å²) in [6, 6.07) is 0. The van der Waals surface area contributed by atoms with Gasteiger partial charge in [0, 0.05) is 12.5 Å². The van der Waals surface area contributed by atoms with Gasteiger partial charge in [-0.2, -0.15) is 0 Å². The Kier molecular flexibility index (Phi) is 3.36. The average molecular weight is 347 g/mol. The molecule has 1 spiro atoms. The number of rotatable bonds is 1. The van der Waals surface area contributed by atoms with E-state index in [-0.39, 0.29) is 35.5 Å². The van der Waals surface area contributed by atoms with E-state index in [1.165, 1.54) is 0 Å². The minimum absolute atomic E-state index is 0.0568. The molecule has 0 aromatic heterocycles. The number of Topliss-reactive ketones (excluding diaryl/α,β-unsaturated/α-hetero) is 1. The summed E-state index contributed by atoms with van der Waals surface area (Å²) < 4.78 is 0. The number of nitrogens with two attached hydrogens (primary N) is 1. The van der Waals surface area contributed by atoms with Crippen molar-refractivity contribution in [2.24, 2.45) is 40.2 Å². The summed E-state index contributed by atoms with van der Waals surface area (Å²) in [5.41, 5.74) is 3.72. The smallest absolute Gasteiger partial charge is 0.153 e. The number of ketones is 1. The molecular formula is C20H29NO4. The molecule has 0 saturated heterocycles. The largest absolute Gasteiger partial charge is 0.386 e. The molecule has 0 amide bonds. The molecule has 0 aromatic rings. The van der Waals surface area contributed by atoms with Crippen LogP contribution in [0.25, 0.3) is 0 Å². The van der Waals surface area contributed by atoms with E-state index in [1.54, 1.807) is 19.1 Å². The molecule has 2 fully saturated rings. The van der Waals surface area contributed by atoms with Gasteiger partial charge >= 0.3 is 0 Å². The Labute approximate surface area is 148 Å². The number of aliphatic hydroxyl groups excluding tert-OH is 2. The number of carbonyl (C=O) groups excluding carboxylic acids is 1.